The minimum absolute atomic E-state index is 0.0197. The Hall–Kier alpha value is -1.26. The number of hydrogen-bond acceptors (Lipinski definition) is 2. The zero-order chi connectivity index (χ0) is 12.6. The molecule has 0 radical (unpaired) electrons. The van der Waals surface area contributed by atoms with Gasteiger partial charge in [0.25, 0.3) is 0 Å². The molecule has 2 aliphatic heterocycles. The molecule has 2 fully saturated rings. The Kier molecular flexibility index (Phi) is 3.26. The Labute approximate surface area is 101 Å². The molecular formula is C12H20N2O3. The molecule has 2 aliphatic rings. The molecule has 0 aromatic heterocycles. The molecule has 0 aromatic rings. The molecule has 2 amide bonds. The Bertz CT molecular complexity index is 328. The first-order valence-electron chi connectivity index (χ1n) is 6.40. The Balaban J connectivity index is 2.13. The largest absolute Gasteiger partial charge is 0.481 e. The highest BCUT2D eigenvalue weighted by Gasteiger charge is 2.51. The van der Waals surface area contributed by atoms with Crippen molar-refractivity contribution in [3.63, 3.8) is 0 Å². The molecule has 0 saturated carbocycles. The molecule has 2 heterocycles. The van der Waals surface area contributed by atoms with Crippen LogP contribution in [-0.2, 0) is 4.79 Å². The fourth-order valence-corrected chi connectivity index (χ4v) is 3.21. The van der Waals surface area contributed by atoms with Crippen LogP contribution in [0.1, 0.15) is 33.1 Å². The van der Waals surface area contributed by atoms with Crippen LogP contribution in [0.4, 0.5) is 4.79 Å². The standard InChI is InChI=1S/C12H20N2O3/c1-3-13(4-2)12(17)14-8-5-6-10(14)9(7-8)11(15)16/h8-10H,3-7H2,1-2H3,(H,15,16). The number of carboxylic acid groups (broad SMARTS) is 1. The van der Waals surface area contributed by atoms with Gasteiger partial charge in [0, 0.05) is 25.2 Å². The van der Waals surface area contributed by atoms with E-state index in [1.165, 1.54) is 0 Å². The van der Waals surface area contributed by atoms with E-state index in [0.29, 0.717) is 19.5 Å². The first-order valence-corrected chi connectivity index (χ1v) is 6.40. The van der Waals surface area contributed by atoms with Gasteiger partial charge in [-0.2, -0.15) is 0 Å². The van der Waals surface area contributed by atoms with Crippen LogP contribution in [0.2, 0.25) is 0 Å². The van der Waals surface area contributed by atoms with Gasteiger partial charge in [0.2, 0.25) is 0 Å². The zero-order valence-corrected chi connectivity index (χ0v) is 10.4. The van der Waals surface area contributed by atoms with E-state index in [9.17, 15) is 9.59 Å². The summed E-state index contributed by atoms with van der Waals surface area (Å²) in [5.41, 5.74) is 0. The molecule has 0 aliphatic carbocycles. The summed E-state index contributed by atoms with van der Waals surface area (Å²) < 4.78 is 0. The highest BCUT2D eigenvalue weighted by Crippen LogP contribution is 2.42. The van der Waals surface area contributed by atoms with Crippen molar-refractivity contribution in [2.75, 3.05) is 13.1 Å². The second-order valence-electron chi connectivity index (χ2n) is 4.84. The van der Waals surface area contributed by atoms with E-state index in [0.717, 1.165) is 12.8 Å². The molecule has 3 unspecified atom stereocenters. The molecular weight excluding hydrogens is 220 g/mol. The first kappa shape index (κ1) is 12.2. The van der Waals surface area contributed by atoms with Gasteiger partial charge < -0.3 is 14.9 Å². The minimum atomic E-state index is -0.755. The molecule has 96 valence electrons. The van der Waals surface area contributed by atoms with Gasteiger partial charge in [0.1, 0.15) is 0 Å². The van der Waals surface area contributed by atoms with E-state index in [1.807, 2.05) is 18.7 Å². The van der Waals surface area contributed by atoms with Crippen LogP contribution in [0.5, 0.6) is 0 Å². The molecule has 2 saturated heterocycles. The smallest absolute Gasteiger partial charge is 0.320 e. The van der Waals surface area contributed by atoms with E-state index in [-0.39, 0.29) is 24.0 Å². The number of amides is 2. The van der Waals surface area contributed by atoms with Crippen molar-refractivity contribution in [2.45, 2.75) is 45.2 Å². The second-order valence-corrected chi connectivity index (χ2v) is 4.84. The van der Waals surface area contributed by atoms with Crippen molar-refractivity contribution >= 4 is 12.0 Å². The number of rotatable bonds is 3. The van der Waals surface area contributed by atoms with Gasteiger partial charge in [0.05, 0.1) is 5.92 Å². The van der Waals surface area contributed by atoms with Crippen molar-refractivity contribution in [3.8, 4) is 0 Å². The highest BCUT2D eigenvalue weighted by molar-refractivity contribution is 5.79. The topological polar surface area (TPSA) is 60.9 Å². The van der Waals surface area contributed by atoms with Gasteiger partial charge in [-0.25, -0.2) is 4.79 Å². The number of urea groups is 1. The number of aliphatic carboxylic acids is 1. The number of carbonyl (C=O) groups is 2. The summed E-state index contributed by atoms with van der Waals surface area (Å²) in [6.07, 6.45) is 2.43. The van der Waals surface area contributed by atoms with E-state index >= 15 is 0 Å². The number of hydrogen-bond donors (Lipinski definition) is 1. The van der Waals surface area contributed by atoms with Crippen molar-refractivity contribution < 1.29 is 14.7 Å². The summed E-state index contributed by atoms with van der Waals surface area (Å²) in [7, 11) is 0. The average molecular weight is 240 g/mol. The second kappa shape index (κ2) is 4.55. The van der Waals surface area contributed by atoms with Crippen LogP contribution in [0.3, 0.4) is 0 Å². The summed E-state index contributed by atoms with van der Waals surface area (Å²) in [5, 5.41) is 9.14. The number of fused-ring (bicyclic) bond motifs is 2. The Morgan fingerprint density at radius 2 is 1.94 bits per heavy atom. The van der Waals surface area contributed by atoms with E-state index in [4.69, 9.17) is 5.11 Å². The summed E-state index contributed by atoms with van der Waals surface area (Å²) in [5.74, 6) is -1.11. The molecule has 0 aromatic carbocycles. The van der Waals surface area contributed by atoms with Gasteiger partial charge in [0.15, 0.2) is 0 Å². The highest BCUT2D eigenvalue weighted by atomic mass is 16.4. The minimum Gasteiger partial charge on any atom is -0.481 e. The molecule has 3 atom stereocenters. The summed E-state index contributed by atoms with van der Waals surface area (Å²) in [4.78, 5) is 27.0. The number of carbonyl (C=O) groups excluding carboxylic acids is 1. The molecule has 17 heavy (non-hydrogen) atoms. The molecule has 2 rings (SSSR count). The van der Waals surface area contributed by atoms with Crippen molar-refractivity contribution in [2.24, 2.45) is 5.92 Å². The maximum Gasteiger partial charge on any atom is 0.320 e. The molecule has 2 bridgehead atoms. The Morgan fingerprint density at radius 3 is 2.41 bits per heavy atom. The summed E-state index contributed by atoms with van der Waals surface area (Å²) >= 11 is 0. The molecule has 0 spiro atoms. The van der Waals surface area contributed by atoms with Crippen LogP contribution in [0, 0.1) is 5.92 Å². The predicted molar refractivity (Wildman–Crippen MR) is 62.7 cm³/mol. The van der Waals surface area contributed by atoms with E-state index < -0.39 is 5.97 Å². The fourth-order valence-electron chi connectivity index (χ4n) is 3.21. The zero-order valence-electron chi connectivity index (χ0n) is 10.4. The lowest BCUT2D eigenvalue weighted by atomic mass is 9.89. The van der Waals surface area contributed by atoms with Gasteiger partial charge >= 0.3 is 12.0 Å². The quantitative estimate of drug-likeness (QED) is 0.810. The molecule has 5 heteroatoms. The van der Waals surface area contributed by atoms with Gasteiger partial charge in [-0.3, -0.25) is 4.79 Å². The normalized spacial score (nSPS) is 30.7. The maximum atomic E-state index is 12.3. The maximum absolute atomic E-state index is 12.3. The predicted octanol–water partition coefficient (Wildman–Crippen LogP) is 1.39. The fraction of sp³-hybridized carbons (Fsp3) is 0.833. The average Bonchev–Trinajstić information content (AvgIpc) is 2.87. The van der Waals surface area contributed by atoms with Crippen LogP contribution in [0.25, 0.3) is 0 Å². The SMILES string of the molecule is CCN(CC)C(=O)N1C2CCC1C(C(=O)O)C2. The van der Waals surface area contributed by atoms with Gasteiger partial charge in [-0.15, -0.1) is 0 Å². The van der Waals surface area contributed by atoms with Crippen molar-refractivity contribution in [3.05, 3.63) is 0 Å². The summed E-state index contributed by atoms with van der Waals surface area (Å²) in [6, 6.07) is 0.0889. The number of nitrogens with zero attached hydrogens (tertiary/aromatic N) is 2. The third kappa shape index (κ3) is 1.87. The van der Waals surface area contributed by atoms with Crippen LogP contribution in [0.15, 0.2) is 0 Å². The van der Waals surface area contributed by atoms with E-state index in [2.05, 4.69) is 0 Å². The first-order chi connectivity index (χ1) is 8.10. The molecule has 5 nitrogen and oxygen atoms in total. The Morgan fingerprint density at radius 1 is 1.29 bits per heavy atom. The monoisotopic (exact) mass is 240 g/mol. The van der Waals surface area contributed by atoms with Crippen LogP contribution in [-0.4, -0.2) is 52.1 Å². The van der Waals surface area contributed by atoms with Crippen LogP contribution < -0.4 is 0 Å². The third-order valence-corrected chi connectivity index (χ3v) is 4.11. The molecule has 1 N–H and O–H groups in total. The van der Waals surface area contributed by atoms with Gasteiger partial charge in [-0.1, -0.05) is 0 Å². The van der Waals surface area contributed by atoms with Crippen molar-refractivity contribution in [1.82, 2.24) is 9.80 Å². The lowest BCUT2D eigenvalue weighted by molar-refractivity contribution is -0.142. The van der Waals surface area contributed by atoms with E-state index in [1.54, 1.807) is 4.90 Å². The lowest BCUT2D eigenvalue weighted by Crippen LogP contribution is -2.46. The lowest BCUT2D eigenvalue weighted by Gasteiger charge is -2.29. The third-order valence-electron chi connectivity index (χ3n) is 4.11. The van der Waals surface area contributed by atoms with Gasteiger partial charge in [-0.05, 0) is 33.1 Å². The van der Waals surface area contributed by atoms with Crippen molar-refractivity contribution in [1.29, 1.82) is 0 Å². The summed E-state index contributed by atoms with van der Waals surface area (Å²) in [6.45, 7) is 5.27. The van der Waals surface area contributed by atoms with Crippen LogP contribution >= 0.6 is 0 Å². The number of carboxylic acids is 1.